The lowest BCUT2D eigenvalue weighted by Gasteiger charge is -2.35. The SMILES string of the molecule is CCN1CCN(C(=O)CN(C(C)=O)c2ccccc2)CC1. The highest BCUT2D eigenvalue weighted by Gasteiger charge is 2.23. The van der Waals surface area contributed by atoms with Crippen LogP contribution in [-0.2, 0) is 9.59 Å². The molecule has 1 fully saturated rings. The summed E-state index contributed by atoms with van der Waals surface area (Å²) in [7, 11) is 0. The zero-order valence-corrected chi connectivity index (χ0v) is 12.8. The number of benzene rings is 1. The number of carbonyl (C=O) groups is 2. The number of likely N-dealkylation sites (N-methyl/N-ethyl adjacent to an activating group) is 1. The van der Waals surface area contributed by atoms with Crippen molar-refractivity contribution in [1.82, 2.24) is 9.80 Å². The van der Waals surface area contributed by atoms with Gasteiger partial charge in [0.15, 0.2) is 0 Å². The topological polar surface area (TPSA) is 43.9 Å². The third kappa shape index (κ3) is 4.04. The molecule has 114 valence electrons. The molecular formula is C16H23N3O2. The van der Waals surface area contributed by atoms with Crippen molar-refractivity contribution in [2.24, 2.45) is 0 Å². The Morgan fingerprint density at radius 3 is 2.24 bits per heavy atom. The van der Waals surface area contributed by atoms with Gasteiger partial charge in [-0.1, -0.05) is 25.1 Å². The second kappa shape index (κ2) is 7.22. The molecule has 0 radical (unpaired) electrons. The predicted octanol–water partition coefficient (Wildman–Crippen LogP) is 1.20. The number of anilines is 1. The molecule has 1 aliphatic rings. The van der Waals surface area contributed by atoms with E-state index < -0.39 is 0 Å². The normalized spacial score (nSPS) is 15.8. The first kappa shape index (κ1) is 15.5. The molecule has 2 rings (SSSR count). The summed E-state index contributed by atoms with van der Waals surface area (Å²) in [5.74, 6) is -0.0912. The predicted molar refractivity (Wildman–Crippen MR) is 83.2 cm³/mol. The van der Waals surface area contributed by atoms with Crippen LogP contribution < -0.4 is 4.90 Å². The smallest absolute Gasteiger partial charge is 0.242 e. The van der Waals surface area contributed by atoms with E-state index >= 15 is 0 Å². The van der Waals surface area contributed by atoms with Gasteiger partial charge in [0, 0.05) is 38.8 Å². The van der Waals surface area contributed by atoms with Crippen LogP contribution in [0.25, 0.3) is 0 Å². The second-order valence-electron chi connectivity index (χ2n) is 5.26. The van der Waals surface area contributed by atoms with Gasteiger partial charge in [-0.3, -0.25) is 9.59 Å². The number of nitrogens with zero attached hydrogens (tertiary/aromatic N) is 3. The standard InChI is InChI=1S/C16H23N3O2/c1-3-17-9-11-18(12-10-17)16(21)13-19(14(2)20)15-7-5-4-6-8-15/h4-8H,3,9-13H2,1-2H3. The minimum Gasteiger partial charge on any atom is -0.339 e. The highest BCUT2D eigenvalue weighted by atomic mass is 16.2. The Hall–Kier alpha value is -1.88. The fourth-order valence-corrected chi connectivity index (χ4v) is 2.54. The molecule has 0 bridgehead atoms. The molecular weight excluding hydrogens is 266 g/mol. The minimum absolute atomic E-state index is 0.0183. The van der Waals surface area contributed by atoms with Crippen molar-refractivity contribution < 1.29 is 9.59 Å². The average Bonchev–Trinajstić information content (AvgIpc) is 2.53. The second-order valence-corrected chi connectivity index (χ2v) is 5.26. The first-order chi connectivity index (χ1) is 10.1. The van der Waals surface area contributed by atoms with E-state index in [9.17, 15) is 9.59 Å². The maximum Gasteiger partial charge on any atom is 0.242 e. The molecule has 0 spiro atoms. The van der Waals surface area contributed by atoms with Crippen molar-refractivity contribution in [2.45, 2.75) is 13.8 Å². The van der Waals surface area contributed by atoms with Gasteiger partial charge >= 0.3 is 0 Å². The molecule has 0 atom stereocenters. The third-order valence-corrected chi connectivity index (χ3v) is 3.91. The van der Waals surface area contributed by atoms with Crippen LogP contribution in [0.2, 0.25) is 0 Å². The highest BCUT2D eigenvalue weighted by Crippen LogP contribution is 2.14. The third-order valence-electron chi connectivity index (χ3n) is 3.91. The number of amides is 2. The van der Waals surface area contributed by atoms with Gasteiger partial charge in [0.25, 0.3) is 0 Å². The van der Waals surface area contributed by atoms with Gasteiger partial charge in [-0.2, -0.15) is 0 Å². The average molecular weight is 289 g/mol. The number of hydrogen-bond donors (Lipinski definition) is 0. The molecule has 0 N–H and O–H groups in total. The lowest BCUT2D eigenvalue weighted by Crippen LogP contribution is -2.51. The first-order valence-corrected chi connectivity index (χ1v) is 7.45. The summed E-state index contributed by atoms with van der Waals surface area (Å²) in [5.41, 5.74) is 0.769. The number of carbonyl (C=O) groups excluding carboxylic acids is 2. The maximum absolute atomic E-state index is 12.4. The quantitative estimate of drug-likeness (QED) is 0.836. The van der Waals surface area contributed by atoms with Crippen LogP contribution in [0.5, 0.6) is 0 Å². The molecule has 1 aromatic carbocycles. The maximum atomic E-state index is 12.4. The van der Waals surface area contributed by atoms with E-state index in [1.807, 2.05) is 35.2 Å². The van der Waals surface area contributed by atoms with Gasteiger partial charge in [-0.25, -0.2) is 0 Å². The van der Waals surface area contributed by atoms with Crippen LogP contribution in [0.15, 0.2) is 30.3 Å². The number of rotatable bonds is 4. The van der Waals surface area contributed by atoms with Gasteiger partial charge in [0.05, 0.1) is 0 Å². The molecule has 0 aromatic heterocycles. The van der Waals surface area contributed by atoms with Crippen molar-refractivity contribution >= 4 is 17.5 Å². The van der Waals surface area contributed by atoms with Crippen molar-refractivity contribution in [2.75, 3.05) is 44.2 Å². The van der Waals surface area contributed by atoms with Gasteiger partial charge in [-0.15, -0.1) is 0 Å². The number of hydrogen-bond acceptors (Lipinski definition) is 3. The Kier molecular flexibility index (Phi) is 5.33. The molecule has 1 aliphatic heterocycles. The Morgan fingerprint density at radius 1 is 1.10 bits per heavy atom. The Balaban J connectivity index is 1.98. The molecule has 0 saturated carbocycles. The van der Waals surface area contributed by atoms with E-state index in [1.54, 1.807) is 0 Å². The van der Waals surface area contributed by atoms with E-state index in [0.717, 1.165) is 38.4 Å². The summed E-state index contributed by atoms with van der Waals surface area (Å²) in [4.78, 5) is 29.9. The zero-order valence-electron chi connectivity index (χ0n) is 12.8. The van der Waals surface area contributed by atoms with Gasteiger partial charge < -0.3 is 14.7 Å². The largest absolute Gasteiger partial charge is 0.339 e. The van der Waals surface area contributed by atoms with Crippen molar-refractivity contribution in [1.29, 1.82) is 0 Å². The molecule has 21 heavy (non-hydrogen) atoms. The van der Waals surface area contributed by atoms with Crippen molar-refractivity contribution in [3.63, 3.8) is 0 Å². The molecule has 0 aliphatic carbocycles. The van der Waals surface area contributed by atoms with Gasteiger partial charge in [-0.05, 0) is 18.7 Å². The zero-order chi connectivity index (χ0) is 15.2. The Labute approximate surface area is 126 Å². The molecule has 2 amide bonds. The number of piperazine rings is 1. The van der Waals surface area contributed by atoms with Crippen molar-refractivity contribution in [3.8, 4) is 0 Å². The first-order valence-electron chi connectivity index (χ1n) is 7.45. The number of para-hydroxylation sites is 1. The lowest BCUT2D eigenvalue weighted by molar-refractivity contribution is -0.132. The van der Waals surface area contributed by atoms with Crippen molar-refractivity contribution in [3.05, 3.63) is 30.3 Å². The summed E-state index contributed by atoms with van der Waals surface area (Å²) in [6.07, 6.45) is 0. The molecule has 5 heteroatoms. The van der Waals surface area contributed by atoms with E-state index in [2.05, 4.69) is 11.8 Å². The van der Waals surface area contributed by atoms with E-state index in [4.69, 9.17) is 0 Å². The van der Waals surface area contributed by atoms with Crippen LogP contribution >= 0.6 is 0 Å². The molecule has 0 unspecified atom stereocenters. The fourth-order valence-electron chi connectivity index (χ4n) is 2.54. The van der Waals surface area contributed by atoms with Crippen LogP contribution in [0.1, 0.15) is 13.8 Å². The summed E-state index contributed by atoms with van der Waals surface area (Å²) < 4.78 is 0. The Morgan fingerprint density at radius 2 is 1.71 bits per heavy atom. The highest BCUT2D eigenvalue weighted by molar-refractivity contribution is 5.97. The summed E-state index contributed by atoms with van der Waals surface area (Å²) >= 11 is 0. The summed E-state index contributed by atoms with van der Waals surface area (Å²) in [6, 6.07) is 9.34. The summed E-state index contributed by atoms with van der Waals surface area (Å²) in [5, 5.41) is 0. The van der Waals surface area contributed by atoms with E-state index in [-0.39, 0.29) is 18.4 Å². The van der Waals surface area contributed by atoms with Gasteiger partial charge in [0.1, 0.15) is 6.54 Å². The molecule has 1 aromatic rings. The Bertz CT molecular complexity index is 482. The molecule has 5 nitrogen and oxygen atoms in total. The van der Waals surface area contributed by atoms with Crippen LogP contribution in [0.3, 0.4) is 0 Å². The fraction of sp³-hybridized carbons (Fsp3) is 0.500. The minimum atomic E-state index is -0.109. The van der Waals surface area contributed by atoms with Crippen LogP contribution in [-0.4, -0.2) is 60.9 Å². The summed E-state index contributed by atoms with van der Waals surface area (Å²) in [6.45, 7) is 8.07. The monoisotopic (exact) mass is 289 g/mol. The van der Waals surface area contributed by atoms with Gasteiger partial charge in [0.2, 0.25) is 11.8 Å². The lowest BCUT2D eigenvalue weighted by atomic mass is 10.2. The van der Waals surface area contributed by atoms with E-state index in [1.165, 1.54) is 11.8 Å². The van der Waals surface area contributed by atoms with E-state index in [0.29, 0.717) is 0 Å². The van der Waals surface area contributed by atoms with Crippen LogP contribution in [0, 0.1) is 0 Å². The molecule has 1 heterocycles. The molecule has 1 saturated heterocycles. The van der Waals surface area contributed by atoms with Crippen LogP contribution in [0.4, 0.5) is 5.69 Å².